The van der Waals surface area contributed by atoms with Crippen LogP contribution >= 0.6 is 11.8 Å². The third-order valence-electron chi connectivity index (χ3n) is 2.73. The van der Waals surface area contributed by atoms with Crippen molar-refractivity contribution in [3.63, 3.8) is 0 Å². The van der Waals surface area contributed by atoms with Crippen LogP contribution in [0.25, 0.3) is 0 Å². The maximum absolute atomic E-state index is 3.51. The topological polar surface area (TPSA) is 15.3 Å². The molecule has 0 fully saturated rings. The highest BCUT2D eigenvalue weighted by atomic mass is 32.2. The lowest BCUT2D eigenvalue weighted by Crippen LogP contribution is -2.38. The van der Waals surface area contributed by atoms with Crippen LogP contribution in [0.5, 0.6) is 0 Å². The first kappa shape index (κ1) is 14.3. The zero-order valence-electron chi connectivity index (χ0n) is 10.3. The van der Waals surface area contributed by atoms with Gasteiger partial charge in [-0.3, -0.25) is 0 Å². The molecular weight excluding hydrogens is 192 g/mol. The van der Waals surface area contributed by atoms with Crippen LogP contribution in [0.3, 0.4) is 0 Å². The minimum atomic E-state index is 0.652. The lowest BCUT2D eigenvalue weighted by molar-refractivity contribution is 0.273. The second kappa shape index (κ2) is 8.57. The minimum absolute atomic E-state index is 0.652. The van der Waals surface area contributed by atoms with E-state index in [9.17, 15) is 0 Å². The standard InChI is InChI=1S/C11H26N2S/c1-6-10(2)12-7-8-13(4)11(3)9-14-5/h10-12H,6-9H2,1-5H3. The molecule has 0 aliphatic heterocycles. The summed E-state index contributed by atoms with van der Waals surface area (Å²) in [5, 5.41) is 3.51. The van der Waals surface area contributed by atoms with Gasteiger partial charge in [0.05, 0.1) is 0 Å². The fourth-order valence-corrected chi connectivity index (χ4v) is 1.96. The van der Waals surface area contributed by atoms with Gasteiger partial charge < -0.3 is 10.2 Å². The molecule has 0 saturated carbocycles. The van der Waals surface area contributed by atoms with Crippen LogP contribution in [0, 0.1) is 0 Å². The molecule has 0 heterocycles. The molecule has 0 bridgehead atoms. The SMILES string of the molecule is CCC(C)NCCN(C)C(C)CSC. The van der Waals surface area contributed by atoms with E-state index in [1.54, 1.807) is 0 Å². The summed E-state index contributed by atoms with van der Waals surface area (Å²) >= 11 is 1.92. The molecule has 2 nitrogen and oxygen atoms in total. The molecule has 0 aromatic carbocycles. The normalized spacial score (nSPS) is 15.9. The zero-order valence-corrected chi connectivity index (χ0v) is 11.2. The van der Waals surface area contributed by atoms with E-state index < -0.39 is 0 Å². The third-order valence-corrected chi connectivity index (χ3v) is 3.55. The average Bonchev–Trinajstić information content (AvgIpc) is 2.17. The van der Waals surface area contributed by atoms with Crippen LogP contribution in [0.15, 0.2) is 0 Å². The second-order valence-electron chi connectivity index (χ2n) is 4.05. The number of likely N-dealkylation sites (N-methyl/N-ethyl adjacent to an activating group) is 1. The predicted octanol–water partition coefficient (Wildman–Crippen LogP) is 2.06. The number of rotatable bonds is 8. The van der Waals surface area contributed by atoms with E-state index in [0.717, 1.165) is 13.1 Å². The smallest absolute Gasteiger partial charge is 0.0155 e. The summed E-state index contributed by atoms with van der Waals surface area (Å²) in [6, 6.07) is 1.34. The molecule has 0 aromatic heterocycles. The van der Waals surface area contributed by atoms with Crippen LogP contribution in [0.1, 0.15) is 27.2 Å². The Morgan fingerprint density at radius 1 is 1.36 bits per heavy atom. The number of hydrogen-bond acceptors (Lipinski definition) is 3. The van der Waals surface area contributed by atoms with Crippen molar-refractivity contribution in [2.24, 2.45) is 0 Å². The highest BCUT2D eigenvalue weighted by Crippen LogP contribution is 2.02. The molecular formula is C11H26N2S. The first-order valence-electron chi connectivity index (χ1n) is 5.54. The summed E-state index contributed by atoms with van der Waals surface area (Å²) in [6.45, 7) is 9.00. The molecule has 0 aromatic rings. The van der Waals surface area contributed by atoms with Crippen molar-refractivity contribution in [1.82, 2.24) is 10.2 Å². The number of nitrogens with one attached hydrogen (secondary N) is 1. The van der Waals surface area contributed by atoms with Crippen molar-refractivity contribution in [1.29, 1.82) is 0 Å². The molecule has 0 saturated heterocycles. The molecule has 1 N–H and O–H groups in total. The van der Waals surface area contributed by atoms with Gasteiger partial charge in [0.15, 0.2) is 0 Å². The van der Waals surface area contributed by atoms with Crippen molar-refractivity contribution in [2.75, 3.05) is 32.1 Å². The maximum Gasteiger partial charge on any atom is 0.0155 e. The van der Waals surface area contributed by atoms with E-state index in [0.29, 0.717) is 12.1 Å². The number of thioether (sulfide) groups is 1. The van der Waals surface area contributed by atoms with Crippen LogP contribution in [-0.4, -0.2) is 49.1 Å². The van der Waals surface area contributed by atoms with Gasteiger partial charge in [-0.15, -0.1) is 0 Å². The summed E-state index contributed by atoms with van der Waals surface area (Å²) in [7, 11) is 2.21. The van der Waals surface area contributed by atoms with Gasteiger partial charge in [0, 0.05) is 30.9 Å². The Bertz CT molecular complexity index is 130. The van der Waals surface area contributed by atoms with Crippen molar-refractivity contribution in [3.8, 4) is 0 Å². The lowest BCUT2D eigenvalue weighted by atomic mass is 10.2. The monoisotopic (exact) mass is 218 g/mol. The Kier molecular flexibility index (Phi) is 8.73. The van der Waals surface area contributed by atoms with Crippen LogP contribution in [-0.2, 0) is 0 Å². The van der Waals surface area contributed by atoms with Crippen molar-refractivity contribution >= 4 is 11.8 Å². The van der Waals surface area contributed by atoms with Crippen molar-refractivity contribution in [3.05, 3.63) is 0 Å². The van der Waals surface area contributed by atoms with Crippen LogP contribution in [0.2, 0.25) is 0 Å². The first-order chi connectivity index (χ1) is 6.61. The van der Waals surface area contributed by atoms with Gasteiger partial charge in [0.2, 0.25) is 0 Å². The molecule has 14 heavy (non-hydrogen) atoms. The fraction of sp³-hybridized carbons (Fsp3) is 1.00. The number of hydrogen-bond donors (Lipinski definition) is 1. The second-order valence-corrected chi connectivity index (χ2v) is 4.96. The zero-order chi connectivity index (χ0) is 11.0. The summed E-state index contributed by atoms with van der Waals surface area (Å²) in [6.07, 6.45) is 3.38. The van der Waals surface area contributed by atoms with Crippen LogP contribution < -0.4 is 5.32 Å². The van der Waals surface area contributed by atoms with Gasteiger partial charge in [-0.05, 0) is 33.6 Å². The van der Waals surface area contributed by atoms with E-state index in [4.69, 9.17) is 0 Å². The summed E-state index contributed by atoms with van der Waals surface area (Å²) in [5.41, 5.74) is 0. The third kappa shape index (κ3) is 6.68. The predicted molar refractivity (Wildman–Crippen MR) is 68.2 cm³/mol. The lowest BCUT2D eigenvalue weighted by Gasteiger charge is -2.24. The molecule has 0 aliphatic rings. The van der Waals surface area contributed by atoms with Gasteiger partial charge in [0.1, 0.15) is 0 Å². The summed E-state index contributed by atoms with van der Waals surface area (Å²) in [4.78, 5) is 2.42. The van der Waals surface area contributed by atoms with Gasteiger partial charge in [-0.25, -0.2) is 0 Å². The Hall–Kier alpha value is 0.270. The molecule has 0 rings (SSSR count). The van der Waals surface area contributed by atoms with Crippen molar-refractivity contribution < 1.29 is 0 Å². The number of nitrogens with zero attached hydrogens (tertiary/aromatic N) is 1. The van der Waals surface area contributed by atoms with Gasteiger partial charge in [-0.1, -0.05) is 6.92 Å². The van der Waals surface area contributed by atoms with Crippen molar-refractivity contribution in [2.45, 2.75) is 39.3 Å². The van der Waals surface area contributed by atoms with E-state index in [1.807, 2.05) is 11.8 Å². The highest BCUT2D eigenvalue weighted by Gasteiger charge is 2.07. The van der Waals surface area contributed by atoms with E-state index in [1.165, 1.54) is 12.2 Å². The van der Waals surface area contributed by atoms with Gasteiger partial charge in [0.25, 0.3) is 0 Å². The molecule has 0 spiro atoms. The Morgan fingerprint density at radius 2 is 2.00 bits per heavy atom. The minimum Gasteiger partial charge on any atom is -0.313 e. The van der Waals surface area contributed by atoms with Crippen LogP contribution in [0.4, 0.5) is 0 Å². The van der Waals surface area contributed by atoms with E-state index >= 15 is 0 Å². The largest absolute Gasteiger partial charge is 0.313 e. The fourth-order valence-electron chi connectivity index (χ4n) is 1.22. The average molecular weight is 218 g/mol. The molecule has 0 amide bonds. The Labute approximate surface area is 93.8 Å². The molecule has 0 aliphatic carbocycles. The molecule has 3 heteroatoms. The van der Waals surface area contributed by atoms with Gasteiger partial charge in [-0.2, -0.15) is 11.8 Å². The van der Waals surface area contributed by atoms with Gasteiger partial charge >= 0.3 is 0 Å². The summed E-state index contributed by atoms with van der Waals surface area (Å²) < 4.78 is 0. The first-order valence-corrected chi connectivity index (χ1v) is 6.93. The Balaban J connectivity index is 3.47. The molecule has 2 atom stereocenters. The molecule has 86 valence electrons. The maximum atomic E-state index is 3.51. The highest BCUT2D eigenvalue weighted by molar-refractivity contribution is 7.98. The molecule has 0 radical (unpaired) electrons. The Morgan fingerprint density at radius 3 is 2.50 bits per heavy atom. The summed E-state index contributed by atoms with van der Waals surface area (Å²) in [5.74, 6) is 1.22. The van der Waals surface area contributed by atoms with E-state index in [2.05, 4.69) is 44.3 Å². The quantitative estimate of drug-likeness (QED) is 0.671. The van der Waals surface area contributed by atoms with E-state index in [-0.39, 0.29) is 0 Å². The molecule has 2 unspecified atom stereocenters.